The number of amides is 1. The van der Waals surface area contributed by atoms with Gasteiger partial charge in [-0.15, -0.1) is 10.2 Å². The molecule has 110 valence electrons. The summed E-state index contributed by atoms with van der Waals surface area (Å²) in [6.45, 7) is 0. The van der Waals surface area contributed by atoms with Crippen LogP contribution >= 0.6 is 0 Å². The van der Waals surface area contributed by atoms with E-state index in [0.29, 0.717) is 11.4 Å². The Labute approximate surface area is 123 Å². The third-order valence-corrected chi connectivity index (χ3v) is 2.49. The summed E-state index contributed by atoms with van der Waals surface area (Å²) < 4.78 is 10.6. The second-order valence-electron chi connectivity index (χ2n) is 4.02. The van der Waals surface area contributed by atoms with E-state index < -0.39 is 6.09 Å². The van der Waals surface area contributed by atoms with Gasteiger partial charge in [0.1, 0.15) is 5.75 Å². The van der Waals surface area contributed by atoms with Crippen LogP contribution in [0.3, 0.4) is 0 Å². The molecule has 0 spiro atoms. The van der Waals surface area contributed by atoms with Gasteiger partial charge in [0.25, 0.3) is 5.89 Å². The van der Waals surface area contributed by atoms with Crippen LogP contribution in [0.1, 0.15) is 0 Å². The van der Waals surface area contributed by atoms with Crippen LogP contribution in [-0.2, 0) is 0 Å². The largest absolute Gasteiger partial charge is 0.465 e. The van der Waals surface area contributed by atoms with Crippen LogP contribution in [0.4, 0.5) is 10.5 Å². The summed E-state index contributed by atoms with van der Waals surface area (Å²) in [5.74, 6) is 1.08. The van der Waals surface area contributed by atoms with Gasteiger partial charge in [-0.1, -0.05) is 6.07 Å². The van der Waals surface area contributed by atoms with Crippen molar-refractivity contribution in [2.24, 2.45) is 0 Å². The van der Waals surface area contributed by atoms with Gasteiger partial charge in [-0.3, -0.25) is 5.32 Å². The third-order valence-electron chi connectivity index (χ3n) is 2.49. The molecule has 22 heavy (non-hydrogen) atoms. The van der Waals surface area contributed by atoms with E-state index in [1.54, 1.807) is 24.3 Å². The smallest absolute Gasteiger partial charge is 0.409 e. The predicted octanol–water partition coefficient (Wildman–Crippen LogP) is 2.41. The van der Waals surface area contributed by atoms with E-state index in [0.717, 1.165) is 0 Å². The Bertz CT molecular complexity index is 791. The monoisotopic (exact) mass is 299 g/mol. The lowest BCUT2D eigenvalue weighted by molar-refractivity contribution is 0.210. The zero-order valence-corrected chi connectivity index (χ0v) is 11.0. The Morgan fingerprint density at radius 3 is 3.00 bits per heavy atom. The van der Waals surface area contributed by atoms with Crippen molar-refractivity contribution >= 4 is 11.8 Å². The fourth-order valence-corrected chi connectivity index (χ4v) is 1.65. The van der Waals surface area contributed by atoms with Gasteiger partial charge >= 0.3 is 6.09 Å². The lowest BCUT2D eigenvalue weighted by atomic mass is 10.3. The number of aromatic nitrogens is 4. The van der Waals surface area contributed by atoms with Gasteiger partial charge in [0.05, 0.1) is 0 Å². The highest BCUT2D eigenvalue weighted by atomic mass is 16.5. The highest BCUT2D eigenvalue weighted by molar-refractivity contribution is 5.83. The molecular formula is C13H9N5O4. The summed E-state index contributed by atoms with van der Waals surface area (Å²) in [5, 5.41) is 18.2. The van der Waals surface area contributed by atoms with Crippen LogP contribution in [0.5, 0.6) is 11.6 Å². The van der Waals surface area contributed by atoms with Gasteiger partial charge in [0.15, 0.2) is 0 Å². The highest BCUT2D eigenvalue weighted by Gasteiger charge is 2.09. The molecule has 2 aromatic heterocycles. The maximum Gasteiger partial charge on any atom is 0.409 e. The number of ether oxygens (including phenoxy) is 1. The zero-order chi connectivity index (χ0) is 15.4. The van der Waals surface area contributed by atoms with Crippen LogP contribution in [0, 0.1) is 0 Å². The molecule has 0 aliphatic rings. The van der Waals surface area contributed by atoms with Crippen molar-refractivity contribution in [3.8, 4) is 23.3 Å². The van der Waals surface area contributed by atoms with Crippen LogP contribution in [-0.4, -0.2) is 31.4 Å². The Hall–Kier alpha value is -3.49. The molecule has 9 nitrogen and oxygen atoms in total. The molecule has 3 aromatic rings. The van der Waals surface area contributed by atoms with Crippen molar-refractivity contribution in [1.29, 1.82) is 0 Å². The number of nitrogens with zero attached hydrogens (tertiary/aromatic N) is 4. The second-order valence-corrected chi connectivity index (χ2v) is 4.02. The molecule has 1 aromatic carbocycles. The molecule has 1 amide bonds. The van der Waals surface area contributed by atoms with Crippen molar-refractivity contribution in [2.45, 2.75) is 0 Å². The van der Waals surface area contributed by atoms with Crippen LogP contribution in [0.2, 0.25) is 0 Å². The quantitative estimate of drug-likeness (QED) is 0.752. The van der Waals surface area contributed by atoms with Crippen molar-refractivity contribution < 1.29 is 19.1 Å². The van der Waals surface area contributed by atoms with E-state index in [2.05, 4.69) is 25.5 Å². The summed E-state index contributed by atoms with van der Waals surface area (Å²) in [6, 6.07) is 8.01. The highest BCUT2D eigenvalue weighted by Crippen LogP contribution is 2.23. The normalized spacial score (nSPS) is 10.2. The standard InChI is InChI=1S/C13H9N5O4/c19-13(20)16-8-2-1-3-9(6-8)22-10-4-5-14-11(17-10)12-18-15-7-21-12/h1-7,16H,(H,19,20). The van der Waals surface area contributed by atoms with Crippen LogP contribution in [0.15, 0.2) is 47.3 Å². The molecule has 0 fully saturated rings. The number of nitrogens with one attached hydrogen (secondary N) is 1. The Morgan fingerprint density at radius 1 is 1.32 bits per heavy atom. The van der Waals surface area contributed by atoms with Crippen molar-refractivity contribution in [3.05, 3.63) is 42.9 Å². The van der Waals surface area contributed by atoms with Crippen molar-refractivity contribution in [1.82, 2.24) is 20.2 Å². The average molecular weight is 299 g/mol. The third kappa shape index (κ3) is 3.15. The number of hydrogen-bond donors (Lipinski definition) is 2. The Balaban J connectivity index is 1.81. The first-order chi connectivity index (χ1) is 10.7. The maximum atomic E-state index is 10.6. The minimum absolute atomic E-state index is 0.173. The summed E-state index contributed by atoms with van der Waals surface area (Å²) in [7, 11) is 0. The number of rotatable bonds is 4. The molecule has 0 aliphatic heterocycles. The first kappa shape index (κ1) is 13.5. The van der Waals surface area contributed by atoms with E-state index in [9.17, 15) is 4.79 Å². The number of hydrogen-bond acceptors (Lipinski definition) is 7. The summed E-state index contributed by atoms with van der Waals surface area (Å²) in [4.78, 5) is 18.8. The van der Waals surface area contributed by atoms with Gasteiger partial charge < -0.3 is 14.3 Å². The van der Waals surface area contributed by atoms with Gasteiger partial charge in [-0.05, 0) is 12.1 Å². The van der Waals surface area contributed by atoms with E-state index in [1.807, 2.05) is 0 Å². The maximum absolute atomic E-state index is 10.6. The zero-order valence-electron chi connectivity index (χ0n) is 11.0. The molecular weight excluding hydrogens is 290 g/mol. The minimum atomic E-state index is -1.15. The number of carbonyl (C=O) groups is 1. The molecule has 2 N–H and O–H groups in total. The predicted molar refractivity (Wildman–Crippen MR) is 73.5 cm³/mol. The van der Waals surface area contributed by atoms with Gasteiger partial charge in [-0.2, -0.15) is 4.98 Å². The second kappa shape index (κ2) is 5.87. The molecule has 0 bridgehead atoms. The molecule has 0 atom stereocenters. The average Bonchev–Trinajstić information content (AvgIpc) is 3.01. The van der Waals surface area contributed by atoms with E-state index in [1.165, 1.54) is 18.7 Å². The molecule has 0 aliphatic carbocycles. The first-order valence-corrected chi connectivity index (χ1v) is 6.08. The number of carboxylic acid groups (broad SMARTS) is 1. The Morgan fingerprint density at radius 2 is 2.23 bits per heavy atom. The number of benzene rings is 1. The molecule has 2 heterocycles. The van der Waals surface area contributed by atoms with Crippen LogP contribution < -0.4 is 10.1 Å². The van der Waals surface area contributed by atoms with Gasteiger partial charge in [0.2, 0.25) is 18.1 Å². The van der Waals surface area contributed by atoms with E-state index in [-0.39, 0.29) is 17.6 Å². The molecule has 0 saturated heterocycles. The molecule has 9 heteroatoms. The molecule has 0 unspecified atom stereocenters. The molecule has 3 rings (SSSR count). The fourth-order valence-electron chi connectivity index (χ4n) is 1.65. The number of anilines is 1. The SMILES string of the molecule is O=C(O)Nc1cccc(Oc2ccnc(-c3nnco3)n2)c1. The van der Waals surface area contributed by atoms with Gasteiger partial charge in [0, 0.05) is 24.0 Å². The lowest BCUT2D eigenvalue weighted by Gasteiger charge is -2.07. The molecule has 0 saturated carbocycles. The minimum Gasteiger partial charge on any atom is -0.465 e. The van der Waals surface area contributed by atoms with Crippen molar-refractivity contribution in [3.63, 3.8) is 0 Å². The fraction of sp³-hybridized carbons (Fsp3) is 0. The van der Waals surface area contributed by atoms with E-state index in [4.69, 9.17) is 14.3 Å². The summed E-state index contributed by atoms with van der Waals surface area (Å²) in [6.07, 6.45) is 1.51. The van der Waals surface area contributed by atoms with Crippen molar-refractivity contribution in [2.75, 3.05) is 5.32 Å². The summed E-state index contributed by atoms with van der Waals surface area (Å²) >= 11 is 0. The summed E-state index contributed by atoms with van der Waals surface area (Å²) in [5.41, 5.74) is 0.385. The topological polar surface area (TPSA) is 123 Å². The lowest BCUT2D eigenvalue weighted by Crippen LogP contribution is -2.06. The van der Waals surface area contributed by atoms with Gasteiger partial charge in [-0.25, -0.2) is 9.78 Å². The molecule has 0 radical (unpaired) electrons. The van der Waals surface area contributed by atoms with E-state index >= 15 is 0 Å². The first-order valence-electron chi connectivity index (χ1n) is 6.08. The van der Waals surface area contributed by atoms with Crippen LogP contribution in [0.25, 0.3) is 11.7 Å². The Kier molecular flexibility index (Phi) is 3.60.